The van der Waals surface area contributed by atoms with Crippen LogP contribution in [0.4, 0.5) is 0 Å². The molecule has 0 aliphatic carbocycles. The molecule has 0 aliphatic rings. The molecule has 2 heteroatoms. The lowest BCUT2D eigenvalue weighted by Crippen LogP contribution is -2.19. The first-order chi connectivity index (χ1) is 9.77. The fourth-order valence-corrected chi connectivity index (χ4v) is 2.92. The van der Waals surface area contributed by atoms with Crippen molar-refractivity contribution in [2.45, 2.75) is 58.4 Å². The summed E-state index contributed by atoms with van der Waals surface area (Å²) in [5.41, 5.74) is 2.87. The molecule has 0 aliphatic heterocycles. The minimum atomic E-state index is 0.469. The summed E-state index contributed by atoms with van der Waals surface area (Å²) in [5.74, 6) is 1.31. The van der Waals surface area contributed by atoms with E-state index in [1.165, 1.54) is 55.4 Å². The van der Waals surface area contributed by atoms with Crippen LogP contribution in [0.1, 0.15) is 63.1 Å². The number of hydrogen-bond donors (Lipinski definition) is 1. The van der Waals surface area contributed by atoms with E-state index in [-0.39, 0.29) is 0 Å². The fraction of sp³-hybridized carbons (Fsp3) is 0.667. The number of aryl methyl sites for hydroxylation is 1. The average Bonchev–Trinajstić information content (AvgIpc) is 2.47. The number of rotatable bonds is 11. The maximum Gasteiger partial charge on any atom is 0.0291 e. The molecule has 0 bridgehead atoms. The third-order valence-corrected chi connectivity index (χ3v) is 4.44. The van der Waals surface area contributed by atoms with Crippen molar-refractivity contribution < 1.29 is 0 Å². The van der Waals surface area contributed by atoms with Crippen LogP contribution in [0.5, 0.6) is 0 Å². The van der Waals surface area contributed by atoms with Gasteiger partial charge >= 0.3 is 0 Å². The molecular weight excluding hydrogens is 262 g/mol. The molecule has 1 N–H and O–H groups in total. The molecular formula is C18H31NS. The smallest absolute Gasteiger partial charge is 0.0291 e. The Hall–Kier alpha value is -0.470. The molecule has 1 nitrogen and oxygen atoms in total. The number of hydrogen-bond acceptors (Lipinski definition) is 2. The van der Waals surface area contributed by atoms with Crippen LogP contribution in [0.25, 0.3) is 0 Å². The Balaban J connectivity index is 2.17. The third kappa shape index (κ3) is 7.35. The molecule has 1 rings (SSSR count). The minimum Gasteiger partial charge on any atom is -0.310 e. The van der Waals surface area contributed by atoms with Gasteiger partial charge in [0.05, 0.1) is 0 Å². The zero-order valence-corrected chi connectivity index (χ0v) is 14.3. The second-order valence-corrected chi connectivity index (χ2v) is 6.56. The molecule has 0 fully saturated rings. The number of thioether (sulfide) groups is 1. The third-order valence-electron chi connectivity index (χ3n) is 3.74. The Morgan fingerprint density at radius 2 is 1.75 bits per heavy atom. The lowest BCUT2D eigenvalue weighted by Gasteiger charge is -2.14. The molecule has 1 aromatic rings. The molecule has 20 heavy (non-hydrogen) atoms. The first-order valence-electron chi connectivity index (χ1n) is 8.09. The lowest BCUT2D eigenvalue weighted by atomic mass is 10.0. The van der Waals surface area contributed by atoms with E-state index in [0.717, 1.165) is 6.54 Å². The summed E-state index contributed by atoms with van der Waals surface area (Å²) < 4.78 is 0. The highest BCUT2D eigenvalue weighted by molar-refractivity contribution is 7.98. The summed E-state index contributed by atoms with van der Waals surface area (Å²) in [4.78, 5) is 0. The molecule has 0 saturated heterocycles. The molecule has 0 amide bonds. The Morgan fingerprint density at radius 3 is 2.40 bits per heavy atom. The lowest BCUT2D eigenvalue weighted by molar-refractivity contribution is 0.537. The van der Waals surface area contributed by atoms with Gasteiger partial charge in [-0.25, -0.2) is 0 Å². The van der Waals surface area contributed by atoms with Gasteiger partial charge in [-0.05, 0) is 55.9 Å². The summed E-state index contributed by atoms with van der Waals surface area (Å²) in [6.07, 6.45) is 10.0. The van der Waals surface area contributed by atoms with Crippen molar-refractivity contribution in [3.05, 3.63) is 35.4 Å². The predicted molar refractivity (Wildman–Crippen MR) is 93.7 cm³/mol. The van der Waals surface area contributed by atoms with Gasteiger partial charge in [0, 0.05) is 6.04 Å². The number of nitrogens with one attached hydrogen (secondary N) is 1. The van der Waals surface area contributed by atoms with Crippen molar-refractivity contribution in [1.29, 1.82) is 0 Å². The highest BCUT2D eigenvalue weighted by Crippen LogP contribution is 2.14. The van der Waals surface area contributed by atoms with Gasteiger partial charge in [0.2, 0.25) is 0 Å². The molecule has 1 atom stereocenters. The minimum absolute atomic E-state index is 0.469. The number of unbranched alkanes of at least 4 members (excludes halogenated alkanes) is 3. The van der Waals surface area contributed by atoms with Crippen LogP contribution in [0.2, 0.25) is 0 Å². The van der Waals surface area contributed by atoms with Gasteiger partial charge in [0.15, 0.2) is 0 Å². The van der Waals surface area contributed by atoms with Crippen LogP contribution >= 0.6 is 11.8 Å². The second-order valence-electron chi connectivity index (χ2n) is 5.57. The number of benzene rings is 1. The molecule has 0 radical (unpaired) electrons. The average molecular weight is 294 g/mol. The van der Waals surface area contributed by atoms with Crippen molar-refractivity contribution in [3.8, 4) is 0 Å². The van der Waals surface area contributed by atoms with Crippen LogP contribution in [-0.2, 0) is 6.42 Å². The highest BCUT2D eigenvalue weighted by Gasteiger charge is 2.04. The first-order valence-corrected chi connectivity index (χ1v) is 9.48. The maximum atomic E-state index is 3.64. The van der Waals surface area contributed by atoms with Crippen molar-refractivity contribution in [2.24, 2.45) is 0 Å². The van der Waals surface area contributed by atoms with E-state index in [1.807, 2.05) is 11.8 Å². The molecule has 114 valence electrons. The Kier molecular flexibility index (Phi) is 9.86. The van der Waals surface area contributed by atoms with Crippen LogP contribution < -0.4 is 5.32 Å². The van der Waals surface area contributed by atoms with Gasteiger partial charge in [0.1, 0.15) is 0 Å². The SMILES string of the molecule is CCCc1ccc(C(C)NCCCCCCSC)cc1. The quantitative estimate of drug-likeness (QED) is 0.562. The molecule has 0 aromatic heterocycles. The fourth-order valence-electron chi connectivity index (χ4n) is 2.42. The van der Waals surface area contributed by atoms with Crippen molar-refractivity contribution in [2.75, 3.05) is 18.6 Å². The van der Waals surface area contributed by atoms with E-state index in [9.17, 15) is 0 Å². The molecule has 0 saturated carbocycles. The van der Waals surface area contributed by atoms with Crippen molar-refractivity contribution >= 4 is 11.8 Å². The molecule has 0 heterocycles. The van der Waals surface area contributed by atoms with E-state index in [0.29, 0.717) is 6.04 Å². The topological polar surface area (TPSA) is 12.0 Å². The van der Waals surface area contributed by atoms with E-state index >= 15 is 0 Å². The first kappa shape index (κ1) is 17.6. The molecule has 1 unspecified atom stereocenters. The zero-order valence-electron chi connectivity index (χ0n) is 13.5. The van der Waals surface area contributed by atoms with E-state index in [2.05, 4.69) is 49.7 Å². The van der Waals surface area contributed by atoms with E-state index in [1.54, 1.807) is 0 Å². The highest BCUT2D eigenvalue weighted by atomic mass is 32.2. The van der Waals surface area contributed by atoms with Crippen LogP contribution in [0.15, 0.2) is 24.3 Å². The van der Waals surface area contributed by atoms with Gasteiger partial charge in [-0.3, -0.25) is 0 Å². The van der Waals surface area contributed by atoms with Gasteiger partial charge in [0.25, 0.3) is 0 Å². The van der Waals surface area contributed by atoms with E-state index in [4.69, 9.17) is 0 Å². The Labute approximate surface area is 129 Å². The van der Waals surface area contributed by atoms with E-state index < -0.39 is 0 Å². The molecule has 0 spiro atoms. The summed E-state index contributed by atoms with van der Waals surface area (Å²) in [5, 5.41) is 3.64. The largest absolute Gasteiger partial charge is 0.310 e. The van der Waals surface area contributed by atoms with Gasteiger partial charge in [-0.15, -0.1) is 0 Å². The molecule has 1 aromatic carbocycles. The van der Waals surface area contributed by atoms with Crippen LogP contribution in [-0.4, -0.2) is 18.6 Å². The van der Waals surface area contributed by atoms with Crippen molar-refractivity contribution in [1.82, 2.24) is 5.32 Å². The van der Waals surface area contributed by atoms with Gasteiger partial charge < -0.3 is 5.32 Å². The Bertz CT molecular complexity index is 334. The van der Waals surface area contributed by atoms with Crippen LogP contribution in [0.3, 0.4) is 0 Å². The summed E-state index contributed by atoms with van der Waals surface area (Å²) >= 11 is 1.96. The van der Waals surface area contributed by atoms with Crippen molar-refractivity contribution in [3.63, 3.8) is 0 Å². The van der Waals surface area contributed by atoms with Gasteiger partial charge in [-0.1, -0.05) is 50.5 Å². The van der Waals surface area contributed by atoms with Gasteiger partial charge in [-0.2, -0.15) is 11.8 Å². The second kappa shape index (κ2) is 11.2. The summed E-state index contributed by atoms with van der Waals surface area (Å²) in [6.45, 7) is 5.64. The normalized spacial score (nSPS) is 12.6. The zero-order chi connectivity index (χ0) is 14.6. The maximum absolute atomic E-state index is 3.64. The Morgan fingerprint density at radius 1 is 1.05 bits per heavy atom. The van der Waals surface area contributed by atoms with Crippen LogP contribution in [0, 0.1) is 0 Å². The summed E-state index contributed by atoms with van der Waals surface area (Å²) in [7, 11) is 0. The summed E-state index contributed by atoms with van der Waals surface area (Å²) in [6, 6.07) is 9.58. The standard InChI is InChI=1S/C18H31NS/c1-4-9-17-10-12-18(13-11-17)16(2)19-14-7-5-6-8-15-20-3/h10-13,16,19H,4-9,14-15H2,1-3H3. The monoisotopic (exact) mass is 293 g/mol. The predicted octanol–water partition coefficient (Wildman–Crippen LogP) is 5.21.